The van der Waals surface area contributed by atoms with Gasteiger partial charge in [-0.15, -0.1) is 11.3 Å². The molecule has 0 bridgehead atoms. The van der Waals surface area contributed by atoms with Crippen molar-refractivity contribution >= 4 is 34.7 Å². The number of hydrogen-bond acceptors (Lipinski definition) is 5. The van der Waals surface area contributed by atoms with Gasteiger partial charge in [0.1, 0.15) is 4.88 Å². The summed E-state index contributed by atoms with van der Waals surface area (Å²) >= 11 is 1.21. The van der Waals surface area contributed by atoms with Crippen LogP contribution in [0.4, 0.5) is 5.69 Å². The minimum absolute atomic E-state index is 0.0766. The summed E-state index contributed by atoms with van der Waals surface area (Å²) in [4.78, 5) is 41.4. The predicted octanol–water partition coefficient (Wildman–Crippen LogP) is 5.46. The minimum Gasteiger partial charge on any atom is -0.465 e. The number of Topliss-reactive ketones (excluding diaryl/α,β-unsaturated/α-hetero) is 1. The third-order valence-electron chi connectivity index (χ3n) is 5.67. The Balaban J connectivity index is 2.59. The maximum Gasteiger partial charge on any atom is 0.350 e. The number of nitrogens with zero attached hydrogens (tertiary/aromatic N) is 1. The molecule has 0 unspecified atom stereocenters. The van der Waals surface area contributed by atoms with E-state index in [1.54, 1.807) is 11.0 Å². The molecule has 0 aliphatic heterocycles. The maximum atomic E-state index is 13.7. The summed E-state index contributed by atoms with van der Waals surface area (Å²) in [6.45, 7) is 11.6. The van der Waals surface area contributed by atoms with Crippen LogP contribution in [-0.2, 0) is 14.3 Å². The van der Waals surface area contributed by atoms with Gasteiger partial charge in [0, 0.05) is 11.3 Å². The standard InChI is InChI=1S/C25H35NO4S/c1-8-20(17(3)27)26(23(28)18-11-9-16(2)10-12-18)21-15-19(13-14-25(4,5)6)31-22(21)24(29)30-7/h15-16,18,20H,8-12H2,1-7H3/t16?,18?,20-/m0/s1. The van der Waals surface area contributed by atoms with Crippen molar-refractivity contribution in [2.24, 2.45) is 17.3 Å². The van der Waals surface area contributed by atoms with Crippen LogP contribution < -0.4 is 4.90 Å². The second kappa shape index (κ2) is 10.5. The third-order valence-corrected chi connectivity index (χ3v) is 6.69. The van der Waals surface area contributed by atoms with Crippen molar-refractivity contribution in [2.45, 2.75) is 79.7 Å². The molecule has 31 heavy (non-hydrogen) atoms. The number of anilines is 1. The predicted molar refractivity (Wildman–Crippen MR) is 125 cm³/mol. The quantitative estimate of drug-likeness (QED) is 0.431. The van der Waals surface area contributed by atoms with E-state index in [0.717, 1.165) is 25.7 Å². The first kappa shape index (κ1) is 25.1. The Labute approximate surface area is 190 Å². The molecule has 1 aliphatic carbocycles. The molecule has 0 saturated heterocycles. The summed E-state index contributed by atoms with van der Waals surface area (Å²) in [5.41, 5.74) is 0.246. The molecule has 2 rings (SSSR count). The number of carbonyl (C=O) groups excluding carboxylic acids is 3. The van der Waals surface area contributed by atoms with Crippen molar-refractivity contribution in [3.8, 4) is 11.8 Å². The largest absolute Gasteiger partial charge is 0.465 e. The van der Waals surface area contributed by atoms with Gasteiger partial charge in [0.25, 0.3) is 0 Å². The summed E-state index contributed by atoms with van der Waals surface area (Å²) in [5.74, 6) is 6.09. The Morgan fingerprint density at radius 3 is 2.32 bits per heavy atom. The summed E-state index contributed by atoms with van der Waals surface area (Å²) in [5, 5.41) is 0. The number of ether oxygens (including phenoxy) is 1. The van der Waals surface area contributed by atoms with Crippen molar-refractivity contribution in [3.63, 3.8) is 0 Å². The molecule has 1 aromatic heterocycles. The van der Waals surface area contributed by atoms with E-state index in [0.29, 0.717) is 27.8 Å². The molecular formula is C25H35NO4S. The lowest BCUT2D eigenvalue weighted by Gasteiger charge is -2.35. The highest BCUT2D eigenvalue weighted by Gasteiger charge is 2.37. The van der Waals surface area contributed by atoms with E-state index in [4.69, 9.17) is 4.74 Å². The molecule has 1 aromatic rings. The highest BCUT2D eigenvalue weighted by atomic mass is 32.1. The van der Waals surface area contributed by atoms with Crippen molar-refractivity contribution in [1.29, 1.82) is 0 Å². The van der Waals surface area contributed by atoms with Crippen molar-refractivity contribution in [3.05, 3.63) is 15.8 Å². The first-order valence-electron chi connectivity index (χ1n) is 11.1. The van der Waals surface area contributed by atoms with E-state index in [1.807, 2.05) is 27.7 Å². The molecule has 1 amide bonds. The van der Waals surface area contributed by atoms with Gasteiger partial charge in [-0.05, 0) is 71.8 Å². The van der Waals surface area contributed by atoms with E-state index in [9.17, 15) is 14.4 Å². The fourth-order valence-corrected chi connectivity index (χ4v) is 4.83. The van der Waals surface area contributed by atoms with Crippen LogP contribution in [0, 0.1) is 29.1 Å². The SMILES string of the molecule is CC[C@@H](C(C)=O)N(C(=O)C1CCC(C)CC1)c1cc(C#CC(C)(C)C)sc1C(=O)OC. The Morgan fingerprint density at radius 1 is 1.23 bits per heavy atom. The van der Waals surface area contributed by atoms with Gasteiger partial charge in [0.15, 0.2) is 5.78 Å². The maximum absolute atomic E-state index is 13.7. The highest BCUT2D eigenvalue weighted by molar-refractivity contribution is 7.15. The van der Waals surface area contributed by atoms with Gasteiger partial charge < -0.3 is 4.74 Å². The molecular weight excluding hydrogens is 410 g/mol. The lowest BCUT2D eigenvalue weighted by molar-refractivity contribution is -0.127. The zero-order valence-corrected chi connectivity index (χ0v) is 20.6. The van der Waals surface area contributed by atoms with Gasteiger partial charge in [-0.2, -0.15) is 0 Å². The number of methoxy groups -OCH3 is 1. The Morgan fingerprint density at radius 2 is 1.84 bits per heavy atom. The molecule has 0 N–H and O–H groups in total. The van der Waals surface area contributed by atoms with Gasteiger partial charge in [-0.3, -0.25) is 14.5 Å². The van der Waals surface area contributed by atoms with Crippen LogP contribution in [0.1, 0.15) is 88.2 Å². The molecule has 1 fully saturated rings. The third kappa shape index (κ3) is 6.43. The van der Waals surface area contributed by atoms with Crippen LogP contribution >= 0.6 is 11.3 Å². The smallest absolute Gasteiger partial charge is 0.350 e. The van der Waals surface area contributed by atoms with Crippen molar-refractivity contribution in [1.82, 2.24) is 0 Å². The summed E-state index contributed by atoms with van der Waals surface area (Å²) in [6.07, 6.45) is 4.08. The summed E-state index contributed by atoms with van der Waals surface area (Å²) < 4.78 is 5.00. The van der Waals surface area contributed by atoms with Crippen LogP contribution in [0.15, 0.2) is 6.07 Å². The van der Waals surface area contributed by atoms with E-state index in [-0.39, 0.29) is 23.0 Å². The van der Waals surface area contributed by atoms with Crippen LogP contribution in [0.3, 0.4) is 0 Å². The van der Waals surface area contributed by atoms with Crippen LogP contribution in [-0.4, -0.2) is 30.8 Å². The topological polar surface area (TPSA) is 63.7 Å². The van der Waals surface area contributed by atoms with E-state index in [1.165, 1.54) is 25.4 Å². The number of thiophene rings is 1. The molecule has 0 aromatic carbocycles. The molecule has 1 heterocycles. The number of hydrogen-bond donors (Lipinski definition) is 0. The average molecular weight is 446 g/mol. The number of carbonyl (C=O) groups is 3. The van der Waals surface area contributed by atoms with Gasteiger partial charge >= 0.3 is 5.97 Å². The highest BCUT2D eigenvalue weighted by Crippen LogP contribution is 2.37. The van der Waals surface area contributed by atoms with Crippen LogP contribution in [0.2, 0.25) is 0 Å². The molecule has 0 spiro atoms. The van der Waals surface area contributed by atoms with Gasteiger partial charge in [0.2, 0.25) is 5.91 Å². The Kier molecular flexibility index (Phi) is 8.48. The van der Waals surface area contributed by atoms with E-state index in [2.05, 4.69) is 18.8 Å². The number of rotatable bonds is 6. The number of ketones is 1. The summed E-state index contributed by atoms with van der Waals surface area (Å²) in [6, 6.07) is 1.15. The fourth-order valence-electron chi connectivity index (χ4n) is 3.91. The second-order valence-corrected chi connectivity index (χ2v) is 10.6. The molecule has 6 heteroatoms. The molecule has 5 nitrogen and oxygen atoms in total. The molecule has 1 atom stereocenters. The molecule has 1 aliphatic rings. The average Bonchev–Trinajstić information content (AvgIpc) is 3.13. The fraction of sp³-hybridized carbons (Fsp3) is 0.640. The van der Waals surface area contributed by atoms with E-state index < -0.39 is 12.0 Å². The van der Waals surface area contributed by atoms with Crippen LogP contribution in [0.5, 0.6) is 0 Å². The summed E-state index contributed by atoms with van der Waals surface area (Å²) in [7, 11) is 1.32. The lowest BCUT2D eigenvalue weighted by Crippen LogP contribution is -2.48. The van der Waals surface area contributed by atoms with Gasteiger partial charge in [-0.25, -0.2) is 4.79 Å². The number of esters is 1. The number of amides is 1. The Hall–Kier alpha value is -2.13. The van der Waals surface area contributed by atoms with Crippen molar-refractivity contribution in [2.75, 3.05) is 12.0 Å². The molecule has 1 saturated carbocycles. The zero-order chi connectivity index (χ0) is 23.3. The normalized spacial score (nSPS) is 19.7. The first-order chi connectivity index (χ1) is 14.5. The van der Waals surface area contributed by atoms with Gasteiger partial charge in [-0.1, -0.05) is 25.7 Å². The van der Waals surface area contributed by atoms with Crippen LogP contribution in [0.25, 0.3) is 0 Å². The van der Waals surface area contributed by atoms with E-state index >= 15 is 0 Å². The monoisotopic (exact) mass is 445 g/mol. The van der Waals surface area contributed by atoms with Gasteiger partial charge in [0.05, 0.1) is 23.7 Å². The molecule has 0 radical (unpaired) electrons. The first-order valence-corrected chi connectivity index (χ1v) is 11.9. The molecule has 170 valence electrons. The minimum atomic E-state index is -0.617. The van der Waals surface area contributed by atoms with Crippen molar-refractivity contribution < 1.29 is 19.1 Å². The lowest BCUT2D eigenvalue weighted by atomic mass is 9.82. The zero-order valence-electron chi connectivity index (χ0n) is 19.8. The Bertz CT molecular complexity index is 876. The second-order valence-electron chi connectivity index (χ2n) is 9.52.